The lowest BCUT2D eigenvalue weighted by molar-refractivity contribution is 0.238. The van der Waals surface area contributed by atoms with E-state index in [0.29, 0.717) is 16.0 Å². The third-order valence-electron chi connectivity index (χ3n) is 4.11. The van der Waals surface area contributed by atoms with Crippen molar-refractivity contribution in [2.45, 2.75) is 33.1 Å². The molecule has 1 aromatic rings. The molecule has 0 radical (unpaired) electrons. The topological polar surface area (TPSA) is 39.9 Å². The Morgan fingerprint density at radius 3 is 2.72 bits per heavy atom. The maximum atomic E-state index is 8.98. The number of anilines is 1. The van der Waals surface area contributed by atoms with Crippen molar-refractivity contribution in [2.75, 3.05) is 18.0 Å². The molecule has 1 saturated heterocycles. The summed E-state index contributed by atoms with van der Waals surface area (Å²) in [4.78, 5) is 6.52. The molecule has 1 aliphatic heterocycles. The zero-order valence-corrected chi connectivity index (χ0v) is 11.7. The molecule has 0 bridgehead atoms. The quantitative estimate of drug-likeness (QED) is 0.818. The number of halogens is 1. The van der Waals surface area contributed by atoms with Gasteiger partial charge in [0, 0.05) is 19.3 Å². The first-order valence-electron chi connectivity index (χ1n) is 6.39. The van der Waals surface area contributed by atoms with E-state index in [4.69, 9.17) is 16.9 Å². The third-order valence-corrected chi connectivity index (χ3v) is 4.49. The van der Waals surface area contributed by atoms with E-state index in [1.165, 1.54) is 6.42 Å². The van der Waals surface area contributed by atoms with Gasteiger partial charge < -0.3 is 4.90 Å². The van der Waals surface area contributed by atoms with Crippen LogP contribution in [0.4, 0.5) is 5.82 Å². The Balaban J connectivity index is 2.18. The van der Waals surface area contributed by atoms with Crippen molar-refractivity contribution < 1.29 is 0 Å². The molecular formula is C14H18ClN3. The van der Waals surface area contributed by atoms with Crippen LogP contribution < -0.4 is 4.90 Å². The van der Waals surface area contributed by atoms with Gasteiger partial charge in [-0.2, -0.15) is 5.26 Å². The smallest absolute Gasteiger partial charge is 0.148 e. The fourth-order valence-electron chi connectivity index (χ4n) is 2.35. The third kappa shape index (κ3) is 2.44. The zero-order valence-electron chi connectivity index (χ0n) is 10.9. The maximum absolute atomic E-state index is 8.98. The average molecular weight is 264 g/mol. The lowest BCUT2D eigenvalue weighted by Crippen LogP contribution is -2.39. The fourth-order valence-corrected chi connectivity index (χ4v) is 2.62. The van der Waals surface area contributed by atoms with Gasteiger partial charge in [0.15, 0.2) is 0 Å². The second-order valence-electron chi connectivity index (χ2n) is 5.26. The van der Waals surface area contributed by atoms with Crippen LogP contribution in [0.1, 0.15) is 38.7 Å². The number of hydrogen-bond acceptors (Lipinski definition) is 3. The van der Waals surface area contributed by atoms with Crippen LogP contribution >= 0.6 is 11.6 Å². The van der Waals surface area contributed by atoms with Gasteiger partial charge in [0.25, 0.3) is 0 Å². The molecule has 0 unspecified atom stereocenters. The predicted molar refractivity (Wildman–Crippen MR) is 73.8 cm³/mol. The Morgan fingerprint density at radius 2 is 2.17 bits per heavy atom. The highest BCUT2D eigenvalue weighted by Gasteiger charge is 2.29. The number of piperidine rings is 1. The fraction of sp³-hybridized carbons (Fsp3) is 0.571. The van der Waals surface area contributed by atoms with Gasteiger partial charge in [-0.25, -0.2) is 4.98 Å². The summed E-state index contributed by atoms with van der Waals surface area (Å²) < 4.78 is 0. The Morgan fingerprint density at radius 1 is 1.50 bits per heavy atom. The van der Waals surface area contributed by atoms with Crippen LogP contribution in [0.5, 0.6) is 0 Å². The molecule has 0 spiro atoms. The van der Waals surface area contributed by atoms with E-state index in [2.05, 4.69) is 29.8 Å². The lowest BCUT2D eigenvalue weighted by atomic mass is 9.78. The molecule has 0 atom stereocenters. The van der Waals surface area contributed by atoms with Crippen LogP contribution in [-0.4, -0.2) is 18.1 Å². The van der Waals surface area contributed by atoms with Crippen molar-refractivity contribution in [1.82, 2.24) is 4.98 Å². The van der Waals surface area contributed by atoms with Crippen molar-refractivity contribution in [1.29, 1.82) is 5.26 Å². The molecule has 0 amide bonds. The van der Waals surface area contributed by atoms with E-state index >= 15 is 0 Å². The van der Waals surface area contributed by atoms with Gasteiger partial charge in [-0.15, -0.1) is 0 Å². The summed E-state index contributed by atoms with van der Waals surface area (Å²) in [7, 11) is 0. The lowest BCUT2D eigenvalue weighted by Gasteiger charge is -2.39. The minimum atomic E-state index is 0.440. The molecule has 0 saturated carbocycles. The molecule has 1 aliphatic rings. The molecule has 3 nitrogen and oxygen atoms in total. The first-order chi connectivity index (χ1) is 8.59. The Hall–Kier alpha value is -1.27. The summed E-state index contributed by atoms with van der Waals surface area (Å²) in [5.74, 6) is 0.758. The molecule has 0 aromatic carbocycles. The summed E-state index contributed by atoms with van der Waals surface area (Å²) in [6, 6.07) is 3.76. The Labute approximate surface area is 113 Å². The number of nitrogens with zero attached hydrogens (tertiary/aromatic N) is 3. The van der Waals surface area contributed by atoms with Crippen LogP contribution in [-0.2, 0) is 0 Å². The van der Waals surface area contributed by atoms with E-state index in [-0.39, 0.29) is 0 Å². The van der Waals surface area contributed by atoms with Crippen molar-refractivity contribution in [2.24, 2.45) is 5.41 Å². The number of aromatic nitrogens is 1. The molecule has 0 aliphatic carbocycles. The van der Waals surface area contributed by atoms with Gasteiger partial charge in [-0.3, -0.25) is 0 Å². The maximum Gasteiger partial charge on any atom is 0.148 e. The second-order valence-corrected chi connectivity index (χ2v) is 5.64. The number of nitriles is 1. The van der Waals surface area contributed by atoms with Crippen molar-refractivity contribution in [3.63, 3.8) is 0 Å². The van der Waals surface area contributed by atoms with Gasteiger partial charge in [0.05, 0.1) is 5.56 Å². The van der Waals surface area contributed by atoms with Crippen molar-refractivity contribution in [3.05, 3.63) is 22.8 Å². The minimum absolute atomic E-state index is 0.440. The summed E-state index contributed by atoms with van der Waals surface area (Å²) >= 11 is 6.22. The molecule has 18 heavy (non-hydrogen) atoms. The van der Waals surface area contributed by atoms with E-state index < -0.39 is 0 Å². The van der Waals surface area contributed by atoms with E-state index in [9.17, 15) is 0 Å². The first kappa shape index (κ1) is 13.2. The molecule has 0 N–H and O–H groups in total. The molecule has 2 rings (SSSR count). The Bertz CT molecular complexity index is 470. The Kier molecular flexibility index (Phi) is 3.77. The first-order valence-corrected chi connectivity index (χ1v) is 6.77. The second kappa shape index (κ2) is 5.16. The highest BCUT2D eigenvalue weighted by atomic mass is 35.5. The number of pyridine rings is 1. The van der Waals surface area contributed by atoms with E-state index in [0.717, 1.165) is 31.7 Å². The van der Waals surface area contributed by atoms with Crippen LogP contribution in [0.2, 0.25) is 5.02 Å². The minimum Gasteiger partial charge on any atom is -0.355 e. The van der Waals surface area contributed by atoms with Crippen LogP contribution in [0, 0.1) is 16.7 Å². The molecular weight excluding hydrogens is 246 g/mol. The van der Waals surface area contributed by atoms with Crippen LogP contribution in [0.25, 0.3) is 0 Å². The number of rotatable bonds is 2. The van der Waals surface area contributed by atoms with Gasteiger partial charge in [-0.1, -0.05) is 31.9 Å². The van der Waals surface area contributed by atoms with Crippen molar-refractivity contribution in [3.8, 4) is 6.07 Å². The average Bonchev–Trinajstić information content (AvgIpc) is 2.40. The molecule has 2 heterocycles. The summed E-state index contributed by atoms with van der Waals surface area (Å²) in [6.07, 6.45) is 5.17. The monoisotopic (exact) mass is 263 g/mol. The predicted octanol–water partition coefficient (Wildman–Crippen LogP) is 3.62. The summed E-state index contributed by atoms with van der Waals surface area (Å²) in [6.45, 7) is 6.51. The largest absolute Gasteiger partial charge is 0.355 e. The molecule has 1 fully saturated rings. The summed E-state index contributed by atoms with van der Waals surface area (Å²) in [5, 5.41) is 9.47. The standard InChI is InChI=1S/C14H18ClN3/c1-3-14(2)5-8-18(9-6-14)13-12(15)11(10-16)4-7-17-13/h4,7H,3,5-6,8-9H2,1-2H3. The zero-order chi connectivity index (χ0) is 13.2. The van der Waals surface area contributed by atoms with Gasteiger partial charge in [0.2, 0.25) is 0 Å². The van der Waals surface area contributed by atoms with Gasteiger partial charge in [-0.05, 0) is 24.3 Å². The summed E-state index contributed by atoms with van der Waals surface area (Å²) in [5.41, 5.74) is 0.945. The molecule has 1 aromatic heterocycles. The molecule has 4 heteroatoms. The SMILES string of the molecule is CCC1(C)CCN(c2nccc(C#N)c2Cl)CC1. The molecule has 96 valence electrons. The highest BCUT2D eigenvalue weighted by Crippen LogP contribution is 2.37. The normalized spacial score (nSPS) is 18.4. The number of hydrogen-bond donors (Lipinski definition) is 0. The van der Waals surface area contributed by atoms with Crippen LogP contribution in [0.15, 0.2) is 12.3 Å². The van der Waals surface area contributed by atoms with Crippen LogP contribution in [0.3, 0.4) is 0 Å². The van der Waals surface area contributed by atoms with E-state index in [1.807, 2.05) is 0 Å². The van der Waals surface area contributed by atoms with Gasteiger partial charge >= 0.3 is 0 Å². The van der Waals surface area contributed by atoms with Gasteiger partial charge in [0.1, 0.15) is 16.9 Å². The highest BCUT2D eigenvalue weighted by molar-refractivity contribution is 6.34. The van der Waals surface area contributed by atoms with E-state index in [1.54, 1.807) is 12.3 Å². The van der Waals surface area contributed by atoms with Crippen molar-refractivity contribution >= 4 is 17.4 Å².